The second-order valence-corrected chi connectivity index (χ2v) is 6.52. The Hall–Kier alpha value is -0.160. The van der Waals surface area contributed by atoms with E-state index in [2.05, 4.69) is 22.0 Å². The molecule has 0 aromatic rings. The lowest BCUT2D eigenvalue weighted by Gasteiger charge is -2.34. The Morgan fingerprint density at radius 3 is 2.40 bits per heavy atom. The van der Waals surface area contributed by atoms with E-state index in [0.717, 1.165) is 25.4 Å². The molecule has 0 radical (unpaired) electrons. The zero-order chi connectivity index (χ0) is 14.2. The molecule has 2 fully saturated rings. The Morgan fingerprint density at radius 1 is 1.10 bits per heavy atom. The first-order valence-electron chi connectivity index (χ1n) is 8.60. The lowest BCUT2D eigenvalue weighted by Crippen LogP contribution is -2.41. The van der Waals surface area contributed by atoms with Crippen molar-refractivity contribution in [2.45, 2.75) is 45.1 Å². The van der Waals surface area contributed by atoms with Crippen LogP contribution in [0, 0.1) is 5.92 Å². The lowest BCUT2D eigenvalue weighted by molar-refractivity contribution is 0.143. The second kappa shape index (κ2) is 8.98. The van der Waals surface area contributed by atoms with Crippen molar-refractivity contribution in [3.05, 3.63) is 0 Å². The van der Waals surface area contributed by atoms with Gasteiger partial charge >= 0.3 is 0 Å². The fraction of sp³-hybridized carbons (Fsp3) is 1.00. The maximum Gasteiger partial charge on any atom is 0.0585 e. The monoisotopic (exact) mass is 283 g/mol. The number of likely N-dealkylation sites (tertiary alicyclic amines) is 2. The van der Waals surface area contributed by atoms with Crippen LogP contribution in [-0.2, 0) is 0 Å². The summed E-state index contributed by atoms with van der Waals surface area (Å²) in [6.45, 7) is 11.0. The Balaban J connectivity index is 1.58. The highest BCUT2D eigenvalue weighted by atomic mass is 16.3. The molecule has 1 atom stereocenters. The summed E-state index contributed by atoms with van der Waals surface area (Å²) in [4.78, 5) is 5.24. The van der Waals surface area contributed by atoms with Gasteiger partial charge in [0.05, 0.1) is 6.61 Å². The number of piperidine rings is 1. The molecule has 4 nitrogen and oxygen atoms in total. The number of nitrogens with one attached hydrogen (secondary N) is 1. The molecule has 0 aromatic heterocycles. The minimum atomic E-state index is 0.263. The van der Waals surface area contributed by atoms with Gasteiger partial charge in [0.25, 0.3) is 0 Å². The Morgan fingerprint density at radius 2 is 1.80 bits per heavy atom. The predicted molar refractivity (Wildman–Crippen MR) is 84.0 cm³/mol. The molecule has 0 aliphatic carbocycles. The average molecular weight is 283 g/mol. The zero-order valence-corrected chi connectivity index (χ0v) is 13.2. The van der Waals surface area contributed by atoms with Gasteiger partial charge in [-0.3, -0.25) is 0 Å². The van der Waals surface area contributed by atoms with Gasteiger partial charge in [-0.05, 0) is 77.3 Å². The van der Waals surface area contributed by atoms with Crippen molar-refractivity contribution in [1.82, 2.24) is 15.1 Å². The summed E-state index contributed by atoms with van der Waals surface area (Å²) in [6.07, 6.45) is 6.61. The van der Waals surface area contributed by atoms with Crippen molar-refractivity contribution < 1.29 is 5.11 Å². The Labute approximate surface area is 124 Å². The van der Waals surface area contributed by atoms with Crippen LogP contribution in [0.2, 0.25) is 0 Å². The van der Waals surface area contributed by atoms with E-state index in [4.69, 9.17) is 0 Å². The molecule has 2 saturated heterocycles. The highest BCUT2D eigenvalue weighted by Crippen LogP contribution is 2.20. The molecule has 2 heterocycles. The molecular weight excluding hydrogens is 250 g/mol. The van der Waals surface area contributed by atoms with Crippen LogP contribution in [0.3, 0.4) is 0 Å². The molecule has 0 amide bonds. The Kier molecular flexibility index (Phi) is 7.28. The van der Waals surface area contributed by atoms with Crippen LogP contribution in [0.15, 0.2) is 0 Å². The van der Waals surface area contributed by atoms with Gasteiger partial charge in [0.2, 0.25) is 0 Å². The van der Waals surface area contributed by atoms with Crippen molar-refractivity contribution in [2.24, 2.45) is 5.92 Å². The maximum atomic E-state index is 9.30. The van der Waals surface area contributed by atoms with E-state index in [1.54, 1.807) is 0 Å². The minimum absolute atomic E-state index is 0.263. The van der Waals surface area contributed by atoms with E-state index in [1.165, 1.54) is 58.4 Å². The van der Waals surface area contributed by atoms with Gasteiger partial charge in [-0.15, -0.1) is 0 Å². The fourth-order valence-corrected chi connectivity index (χ4v) is 3.61. The average Bonchev–Trinajstić information content (AvgIpc) is 2.98. The molecule has 4 heteroatoms. The van der Waals surface area contributed by atoms with Crippen LogP contribution in [0.4, 0.5) is 0 Å². The molecule has 0 bridgehead atoms. The third-order valence-electron chi connectivity index (χ3n) is 4.93. The lowest BCUT2D eigenvalue weighted by atomic mass is 9.96. The van der Waals surface area contributed by atoms with Gasteiger partial charge in [-0.1, -0.05) is 6.92 Å². The van der Waals surface area contributed by atoms with Crippen LogP contribution >= 0.6 is 0 Å². The third kappa shape index (κ3) is 5.32. The summed E-state index contributed by atoms with van der Waals surface area (Å²) in [5.41, 5.74) is 0. The molecule has 2 N–H and O–H groups in total. The highest BCUT2D eigenvalue weighted by molar-refractivity contribution is 4.78. The zero-order valence-electron chi connectivity index (χ0n) is 13.2. The summed E-state index contributed by atoms with van der Waals surface area (Å²) < 4.78 is 0. The molecule has 0 saturated carbocycles. The van der Waals surface area contributed by atoms with Crippen LogP contribution in [-0.4, -0.2) is 73.4 Å². The predicted octanol–water partition coefficient (Wildman–Crippen LogP) is 1.15. The van der Waals surface area contributed by atoms with Crippen molar-refractivity contribution in [2.75, 3.05) is 52.4 Å². The molecule has 20 heavy (non-hydrogen) atoms. The summed E-state index contributed by atoms with van der Waals surface area (Å²) >= 11 is 0. The molecule has 118 valence electrons. The van der Waals surface area contributed by atoms with E-state index in [-0.39, 0.29) is 12.6 Å². The molecule has 1 unspecified atom stereocenters. The first-order chi connectivity index (χ1) is 9.81. The van der Waals surface area contributed by atoms with Crippen molar-refractivity contribution in [3.8, 4) is 0 Å². The van der Waals surface area contributed by atoms with Crippen LogP contribution in [0.5, 0.6) is 0 Å². The quantitative estimate of drug-likeness (QED) is 0.701. The van der Waals surface area contributed by atoms with Crippen molar-refractivity contribution in [1.29, 1.82) is 0 Å². The Bertz CT molecular complexity index is 248. The molecular formula is C16H33N3O. The third-order valence-corrected chi connectivity index (χ3v) is 4.93. The standard InChI is InChI=1S/C16H33N3O/c1-2-17-16(14-20)7-12-18-10-5-15(6-11-18)13-19-8-3-4-9-19/h15-17,20H,2-14H2,1H3. The van der Waals surface area contributed by atoms with Crippen LogP contribution in [0.1, 0.15) is 39.0 Å². The SMILES string of the molecule is CCNC(CO)CCN1CCC(CN2CCCC2)CC1. The van der Waals surface area contributed by atoms with Crippen LogP contribution < -0.4 is 5.32 Å². The number of nitrogens with zero attached hydrogens (tertiary/aromatic N) is 2. The smallest absolute Gasteiger partial charge is 0.0585 e. The fourth-order valence-electron chi connectivity index (χ4n) is 3.61. The number of likely N-dealkylation sites (N-methyl/N-ethyl adjacent to an activating group) is 1. The normalized spacial score (nSPS) is 24.3. The summed E-state index contributed by atoms with van der Waals surface area (Å²) in [5, 5.41) is 12.6. The van der Waals surface area contributed by atoms with Gasteiger partial charge in [-0.25, -0.2) is 0 Å². The van der Waals surface area contributed by atoms with E-state index in [1.807, 2.05) is 0 Å². The van der Waals surface area contributed by atoms with Gasteiger partial charge in [0.1, 0.15) is 0 Å². The van der Waals surface area contributed by atoms with E-state index >= 15 is 0 Å². The van der Waals surface area contributed by atoms with Gasteiger partial charge in [0.15, 0.2) is 0 Å². The number of aliphatic hydroxyl groups is 1. The number of hydrogen-bond donors (Lipinski definition) is 2. The van der Waals surface area contributed by atoms with E-state index in [9.17, 15) is 5.11 Å². The second-order valence-electron chi connectivity index (χ2n) is 6.52. The maximum absolute atomic E-state index is 9.30. The molecule has 2 aliphatic heterocycles. The molecule has 0 spiro atoms. The van der Waals surface area contributed by atoms with E-state index < -0.39 is 0 Å². The van der Waals surface area contributed by atoms with Gasteiger partial charge in [-0.2, -0.15) is 0 Å². The van der Waals surface area contributed by atoms with Crippen molar-refractivity contribution in [3.63, 3.8) is 0 Å². The molecule has 0 aromatic carbocycles. The van der Waals surface area contributed by atoms with Crippen LogP contribution in [0.25, 0.3) is 0 Å². The largest absolute Gasteiger partial charge is 0.395 e. The van der Waals surface area contributed by atoms with Crippen molar-refractivity contribution >= 4 is 0 Å². The van der Waals surface area contributed by atoms with Gasteiger partial charge < -0.3 is 20.2 Å². The molecule has 2 aliphatic rings. The highest BCUT2D eigenvalue weighted by Gasteiger charge is 2.22. The number of aliphatic hydroxyl groups excluding tert-OH is 1. The number of hydrogen-bond acceptors (Lipinski definition) is 4. The summed E-state index contributed by atoms with van der Waals surface area (Å²) in [5.74, 6) is 0.923. The first-order valence-corrected chi connectivity index (χ1v) is 8.60. The first kappa shape index (κ1) is 16.2. The summed E-state index contributed by atoms with van der Waals surface area (Å²) in [7, 11) is 0. The molecule has 2 rings (SSSR count). The summed E-state index contributed by atoms with van der Waals surface area (Å²) in [6, 6.07) is 0.280. The minimum Gasteiger partial charge on any atom is -0.395 e. The van der Waals surface area contributed by atoms with Gasteiger partial charge in [0, 0.05) is 12.6 Å². The number of rotatable bonds is 8. The van der Waals surface area contributed by atoms with E-state index in [0.29, 0.717) is 0 Å². The topological polar surface area (TPSA) is 38.7 Å².